The molecule has 0 aliphatic rings. The second kappa shape index (κ2) is 62.7. The smallest absolute Gasteiger partial charge is 0.243 e. The van der Waals surface area contributed by atoms with Gasteiger partial charge in [-0.1, -0.05) is 149 Å². The van der Waals surface area contributed by atoms with E-state index in [4.69, 9.17) is 51.6 Å². The minimum Gasteiger partial charge on any atom is -0.370 e. The highest BCUT2D eigenvalue weighted by Gasteiger charge is 2.41. The minimum atomic E-state index is -1.42. The van der Waals surface area contributed by atoms with Gasteiger partial charge in [0.1, 0.15) is 84.6 Å². The Morgan fingerprint density at radius 2 is 0.582 bits per heavy atom. The average Bonchev–Trinajstić information content (AvgIpc) is 1.63. The fraction of sp³-hybridized carbons (Fsp3) is 0.731. The highest BCUT2D eigenvalue weighted by atomic mass is 16.2. The summed E-state index contributed by atoms with van der Waals surface area (Å²) in [6, 6.07) is -11.7. The van der Waals surface area contributed by atoms with E-state index >= 15 is 9.59 Å². The predicted molar refractivity (Wildman–Crippen MR) is 521 cm³/mol. The summed E-state index contributed by atoms with van der Waals surface area (Å²) in [6.07, 6.45) is 5.27. The molecule has 0 unspecified atom stereocenters. The number of nitrogens with one attached hydrogen (secondary N) is 15. The third-order valence-corrected chi connectivity index (χ3v) is 22.7. The number of aromatic nitrogens is 1. The summed E-state index contributed by atoms with van der Waals surface area (Å²) in [5.74, 6) is -14.5. The van der Waals surface area contributed by atoms with E-state index in [1.807, 2.05) is 93.5 Å². The molecular weight excluding hydrogens is 1720 g/mol. The summed E-state index contributed by atoms with van der Waals surface area (Å²) in [5.41, 5.74) is 53.9. The van der Waals surface area contributed by atoms with Crippen molar-refractivity contribution in [3.8, 4) is 0 Å². The fourth-order valence-electron chi connectivity index (χ4n) is 15.2. The van der Waals surface area contributed by atoms with Crippen LogP contribution in [0.25, 0.3) is 10.9 Å². The molecule has 0 aliphatic heterocycles. The van der Waals surface area contributed by atoms with Crippen LogP contribution >= 0.6 is 0 Å². The van der Waals surface area contributed by atoms with Gasteiger partial charge in [-0.2, -0.15) is 0 Å². The third-order valence-electron chi connectivity index (χ3n) is 22.7. The van der Waals surface area contributed by atoms with Gasteiger partial charge in [0.25, 0.3) is 0 Å². The number of nitrogens with two attached hydrogens (primary N) is 9. The van der Waals surface area contributed by atoms with Gasteiger partial charge in [0.05, 0.1) is 6.04 Å². The Kier molecular flexibility index (Phi) is 55.8. The van der Waals surface area contributed by atoms with Gasteiger partial charge in [0.2, 0.25) is 88.6 Å². The molecule has 41 heteroatoms. The van der Waals surface area contributed by atoms with E-state index in [-0.39, 0.29) is 164 Å². The summed E-state index contributed by atoms with van der Waals surface area (Å²) in [6.45, 7) is 33.0. The molecule has 2 aromatic rings. The molecule has 1 aromatic carbocycles. The van der Waals surface area contributed by atoms with Crippen molar-refractivity contribution in [2.45, 2.75) is 350 Å². The zero-order valence-corrected chi connectivity index (χ0v) is 82.8. The van der Waals surface area contributed by atoms with Crippen LogP contribution in [-0.4, -0.2) is 229 Å². The number of guanidine groups is 2. The number of aliphatic imine (C=N–C) groups is 2. The van der Waals surface area contributed by atoms with Gasteiger partial charge in [0.15, 0.2) is 11.9 Å². The summed E-state index contributed by atoms with van der Waals surface area (Å²) in [7, 11) is 0. The average molecular weight is 1890 g/mol. The van der Waals surface area contributed by atoms with Crippen LogP contribution in [0.4, 0.5) is 0 Å². The maximum Gasteiger partial charge on any atom is 0.243 e. The first-order valence-electron chi connectivity index (χ1n) is 48.1. The Hall–Kier alpha value is -10.8. The van der Waals surface area contributed by atoms with E-state index in [1.54, 1.807) is 61.6 Å². The van der Waals surface area contributed by atoms with Crippen molar-refractivity contribution in [2.75, 3.05) is 32.7 Å². The maximum atomic E-state index is 15.0. The SMILES string of the molecule is CC[C@H](C)[C@H](NC(=O)[C@H](CCCCN)NC(=O)[C@H](CCCCN)NC(=O)[C@H](CC(C)C)NC(=O)[C@H](CC(C)C)NC(=O)[C@H](CCCN=C(N)N)NC(=O)[C@H](Cc1c[nH]c2ccccc12)NC(=O)[C@@H](N)CC(C)C)C(=O)N[C@@H](CC(C)C)C(=O)N[C@@H](CCCN=C(N)N)C(=O)N[C@H](C(=O)N[C@@H](CC(C)C)C(=O)N[C@@H](CCCCN)C(=O)N[C@H](C(=O)N[C@@H](CC(C)C)C(N)=O)C(C)C)C(C)C. The van der Waals surface area contributed by atoms with Gasteiger partial charge in [-0.3, -0.25) is 81.9 Å². The Bertz CT molecular complexity index is 4090. The first-order valence-corrected chi connectivity index (χ1v) is 48.1. The number of hydrogen-bond donors (Lipinski definition) is 24. The van der Waals surface area contributed by atoms with Crippen LogP contribution in [-0.2, 0) is 78.3 Å². The number of aromatic amines is 1. The van der Waals surface area contributed by atoms with Crippen molar-refractivity contribution in [1.29, 1.82) is 0 Å². The molecule has 16 atom stereocenters. The van der Waals surface area contributed by atoms with E-state index in [9.17, 15) is 62.3 Å². The van der Waals surface area contributed by atoms with Crippen LogP contribution in [0.15, 0.2) is 40.4 Å². The molecule has 760 valence electrons. The summed E-state index contributed by atoms with van der Waals surface area (Å²) in [5, 5.41) is 40.0. The fourth-order valence-corrected chi connectivity index (χ4v) is 15.2. The Morgan fingerprint density at radius 3 is 0.896 bits per heavy atom. The van der Waals surface area contributed by atoms with Crippen LogP contribution in [0.1, 0.15) is 259 Å². The molecule has 0 bridgehead atoms. The van der Waals surface area contributed by atoms with Crippen LogP contribution in [0.3, 0.4) is 0 Å². The molecule has 33 N–H and O–H groups in total. The number of carbonyl (C=O) groups is 15. The molecule has 2 rings (SSSR count). The normalized spacial score (nSPS) is 15.2. The van der Waals surface area contributed by atoms with E-state index in [0.717, 1.165) is 10.9 Å². The topological polar surface area (TPSA) is 699 Å². The molecule has 41 nitrogen and oxygen atoms in total. The number of nitrogens with zero attached hydrogens (tertiary/aromatic N) is 2. The van der Waals surface area contributed by atoms with Crippen molar-refractivity contribution >= 4 is 111 Å². The van der Waals surface area contributed by atoms with Crippen LogP contribution in [0, 0.1) is 53.3 Å². The van der Waals surface area contributed by atoms with Gasteiger partial charge < -0.3 is 131 Å². The van der Waals surface area contributed by atoms with Crippen molar-refractivity contribution < 1.29 is 71.9 Å². The number of amides is 15. The maximum absolute atomic E-state index is 15.0. The lowest BCUT2D eigenvalue weighted by atomic mass is 9.95. The first-order chi connectivity index (χ1) is 63.0. The molecule has 0 saturated heterocycles. The zero-order chi connectivity index (χ0) is 101. The Balaban J connectivity index is 2.63. The number of hydrogen-bond acceptors (Lipinski definition) is 21. The first kappa shape index (κ1) is 119. The number of primary amides is 1. The second-order valence-corrected chi connectivity index (χ2v) is 38.6. The molecule has 134 heavy (non-hydrogen) atoms. The summed E-state index contributed by atoms with van der Waals surface area (Å²) < 4.78 is 0. The molecule has 15 amide bonds. The van der Waals surface area contributed by atoms with Crippen molar-refractivity contribution in [1.82, 2.24) is 79.4 Å². The van der Waals surface area contributed by atoms with E-state index in [0.29, 0.717) is 56.9 Å². The van der Waals surface area contributed by atoms with Gasteiger partial charge >= 0.3 is 0 Å². The van der Waals surface area contributed by atoms with Crippen molar-refractivity contribution in [3.63, 3.8) is 0 Å². The lowest BCUT2D eigenvalue weighted by Gasteiger charge is -2.31. The van der Waals surface area contributed by atoms with Crippen LogP contribution < -0.4 is 126 Å². The standard InChI is InChI=1S/C93H168N26O15/c1-19-58(18)76(91(134)116-72(47-55(12)13)86(129)110-67(36-29-41-104-93(101)102)82(125)118-75(57(16)17)90(133)115-71(46-54(10)11)85(128)108-64(33-23-26-38-95)81(124)117-74(56(14)15)89(132)111-68(77(98)120)43-51(4)5)119-83(126)65(34-24-27-39-96)106-79(122)63(32-22-25-37-94)107-84(127)69(44-52(6)7)114-87(130)70(45-53(8)9)113-80(123)66(35-28-40-103-92(99)100)109-88(131)73(112-78(121)61(97)42-50(2)3)48-59-49-105-62-31-21-20-30-60(59)62/h20-21,30-31,49-58,61,63-76,105H,19,22-29,32-48,94-97H2,1-18H3,(H2,98,120)(H,106,122)(H,107,127)(H,108,128)(H,109,131)(H,110,129)(H,111,132)(H,112,121)(H,113,123)(H,114,130)(H,115,133)(H,116,134)(H,117,124)(H,118,125)(H,119,126)(H4,99,100,103)(H4,101,102,104)/t58-,61-,63-,64-,65-,66-,67-,68-,69-,70-,71-,72-,73-,74-,75-,76-/m0/s1. The zero-order valence-electron chi connectivity index (χ0n) is 82.8. The van der Waals surface area contributed by atoms with Gasteiger partial charge in [-0.15, -0.1) is 0 Å². The molecule has 0 saturated carbocycles. The van der Waals surface area contributed by atoms with Crippen molar-refractivity contribution in [3.05, 3.63) is 36.0 Å². The summed E-state index contributed by atoms with van der Waals surface area (Å²) >= 11 is 0. The number of unbranched alkanes of at least 4 members (excludes halogenated alkanes) is 3. The van der Waals surface area contributed by atoms with Crippen molar-refractivity contribution in [2.24, 2.45) is 115 Å². The van der Waals surface area contributed by atoms with Gasteiger partial charge in [-0.05, 0) is 207 Å². The Morgan fingerprint density at radius 1 is 0.313 bits per heavy atom. The Labute approximate surface area is 792 Å². The quantitative estimate of drug-likeness (QED) is 0.0243. The predicted octanol–water partition coefficient (Wildman–Crippen LogP) is 0.439. The van der Waals surface area contributed by atoms with E-state index in [2.05, 4.69) is 89.4 Å². The number of benzene rings is 1. The number of para-hydroxylation sites is 1. The van der Waals surface area contributed by atoms with Gasteiger partial charge in [-0.25, -0.2) is 0 Å². The largest absolute Gasteiger partial charge is 0.370 e. The monoisotopic (exact) mass is 1890 g/mol. The molecule has 1 heterocycles. The van der Waals surface area contributed by atoms with Crippen LogP contribution in [0.5, 0.6) is 0 Å². The van der Waals surface area contributed by atoms with E-state index < -0.39 is 197 Å². The number of H-pyrrole nitrogens is 1. The highest BCUT2D eigenvalue weighted by Crippen LogP contribution is 2.23. The minimum absolute atomic E-state index is 0.00164. The molecular formula is C93H168N26O15. The summed E-state index contributed by atoms with van der Waals surface area (Å²) in [4.78, 5) is 229. The number of carbonyl (C=O) groups excluding carboxylic acids is 15. The molecule has 0 spiro atoms. The third kappa shape index (κ3) is 45.5. The number of rotatable bonds is 67. The highest BCUT2D eigenvalue weighted by molar-refractivity contribution is 6.01. The molecule has 0 radical (unpaired) electrons. The molecule has 1 aromatic heterocycles. The van der Waals surface area contributed by atoms with Crippen LogP contribution in [0.2, 0.25) is 0 Å². The lowest BCUT2D eigenvalue weighted by molar-refractivity contribution is -0.137. The molecule has 0 fully saturated rings. The second-order valence-electron chi connectivity index (χ2n) is 38.6. The van der Waals surface area contributed by atoms with Gasteiger partial charge in [0, 0.05) is 36.6 Å². The lowest BCUT2D eigenvalue weighted by Crippen LogP contribution is -2.62. The van der Waals surface area contributed by atoms with E-state index in [1.165, 1.54) is 0 Å². The molecule has 0 aliphatic carbocycles. The number of fused-ring (bicyclic) bond motifs is 1.